The van der Waals surface area contributed by atoms with Gasteiger partial charge in [-0.2, -0.15) is 4.72 Å². The quantitative estimate of drug-likeness (QED) is 0.375. The molecular formula is C21H19ClN4O3S2. The number of sulfonamides is 1. The van der Waals surface area contributed by atoms with Crippen LogP contribution in [0.4, 0.5) is 5.13 Å². The number of anilines is 1. The number of amides is 1. The highest BCUT2D eigenvalue weighted by Crippen LogP contribution is 2.22. The van der Waals surface area contributed by atoms with Gasteiger partial charge in [0.2, 0.25) is 15.9 Å². The van der Waals surface area contributed by atoms with Gasteiger partial charge in [0.15, 0.2) is 5.13 Å². The molecule has 1 unspecified atom stereocenters. The number of halogens is 1. The number of nitrogens with one attached hydrogen (secondary N) is 3. The van der Waals surface area contributed by atoms with Crippen LogP contribution in [-0.4, -0.2) is 30.3 Å². The summed E-state index contributed by atoms with van der Waals surface area (Å²) in [6, 6.07) is 12.4. The Balaban J connectivity index is 1.64. The molecule has 4 rings (SSSR count). The number of aromatic amines is 1. The maximum atomic E-state index is 13.0. The van der Waals surface area contributed by atoms with Gasteiger partial charge in [-0.15, -0.1) is 11.3 Å². The summed E-state index contributed by atoms with van der Waals surface area (Å²) in [6.45, 7) is 1.82. The van der Waals surface area contributed by atoms with Crippen LogP contribution < -0.4 is 10.0 Å². The number of hydrogen-bond acceptors (Lipinski definition) is 5. The molecule has 2 heterocycles. The zero-order chi connectivity index (χ0) is 22.0. The number of para-hydroxylation sites is 1. The standard InChI is InChI=1S/C21H19ClN4O3S2/c1-13-12-30-21(24-13)25-20(27)19(10-14-11-23-18-5-3-2-4-17(14)18)26-31(28,29)16-8-6-15(22)7-9-16/h2-9,11-12,19,23,26H,10H2,1H3,(H,24,25,27). The minimum absolute atomic E-state index is 0.0266. The number of H-pyrrole nitrogens is 1. The van der Waals surface area contributed by atoms with E-state index in [0.29, 0.717) is 10.2 Å². The molecule has 3 N–H and O–H groups in total. The number of carbonyl (C=O) groups excluding carboxylic acids is 1. The van der Waals surface area contributed by atoms with E-state index in [1.54, 1.807) is 6.20 Å². The fourth-order valence-corrected chi connectivity index (χ4v) is 5.19. The van der Waals surface area contributed by atoms with Crippen LogP contribution in [0.5, 0.6) is 0 Å². The summed E-state index contributed by atoms with van der Waals surface area (Å²) in [5, 5.41) is 6.29. The van der Waals surface area contributed by atoms with E-state index in [0.717, 1.165) is 22.2 Å². The van der Waals surface area contributed by atoms with Gasteiger partial charge in [-0.25, -0.2) is 13.4 Å². The third kappa shape index (κ3) is 4.96. The highest BCUT2D eigenvalue weighted by Gasteiger charge is 2.27. The first-order chi connectivity index (χ1) is 14.8. The van der Waals surface area contributed by atoms with Crippen molar-refractivity contribution in [3.8, 4) is 0 Å². The van der Waals surface area contributed by atoms with Gasteiger partial charge in [0.25, 0.3) is 0 Å². The molecule has 160 valence electrons. The molecule has 0 fully saturated rings. The minimum Gasteiger partial charge on any atom is -0.361 e. The Bertz CT molecular complexity index is 1330. The molecule has 0 aliphatic heterocycles. The van der Waals surface area contributed by atoms with Crippen LogP contribution in [0.3, 0.4) is 0 Å². The van der Waals surface area contributed by atoms with Crippen LogP contribution in [0.2, 0.25) is 5.02 Å². The molecule has 0 saturated heterocycles. The number of benzene rings is 2. The molecule has 2 aromatic carbocycles. The van der Waals surface area contributed by atoms with Gasteiger partial charge >= 0.3 is 0 Å². The molecule has 1 amide bonds. The Morgan fingerprint density at radius 3 is 2.65 bits per heavy atom. The van der Waals surface area contributed by atoms with E-state index in [1.165, 1.54) is 35.6 Å². The molecule has 0 spiro atoms. The predicted octanol–water partition coefficient (Wildman–Crippen LogP) is 4.11. The highest BCUT2D eigenvalue weighted by atomic mass is 35.5. The van der Waals surface area contributed by atoms with Crippen LogP contribution in [0, 0.1) is 6.92 Å². The predicted molar refractivity (Wildman–Crippen MR) is 123 cm³/mol. The number of aryl methyl sites for hydroxylation is 1. The Hall–Kier alpha value is -2.72. The lowest BCUT2D eigenvalue weighted by molar-refractivity contribution is -0.117. The van der Waals surface area contributed by atoms with Crippen molar-refractivity contribution in [1.82, 2.24) is 14.7 Å². The Labute approximate surface area is 188 Å². The first kappa shape index (κ1) is 21.5. The monoisotopic (exact) mass is 474 g/mol. The smallest absolute Gasteiger partial charge is 0.244 e. The summed E-state index contributed by atoms with van der Waals surface area (Å²) in [4.78, 5) is 20.5. The van der Waals surface area contributed by atoms with E-state index in [2.05, 4.69) is 20.0 Å². The molecule has 1 atom stereocenters. The Kier molecular flexibility index (Phi) is 6.10. The zero-order valence-corrected chi connectivity index (χ0v) is 18.8. The third-order valence-corrected chi connectivity index (χ3v) is 7.30. The van der Waals surface area contributed by atoms with Crippen molar-refractivity contribution in [3.63, 3.8) is 0 Å². The summed E-state index contributed by atoms with van der Waals surface area (Å²) in [6.07, 6.45) is 1.95. The minimum atomic E-state index is -3.96. The summed E-state index contributed by atoms with van der Waals surface area (Å²) >= 11 is 7.15. The van der Waals surface area contributed by atoms with Gasteiger partial charge in [-0.3, -0.25) is 4.79 Å². The molecule has 31 heavy (non-hydrogen) atoms. The molecular weight excluding hydrogens is 456 g/mol. The van der Waals surface area contributed by atoms with Gasteiger partial charge < -0.3 is 10.3 Å². The number of aromatic nitrogens is 2. The lowest BCUT2D eigenvalue weighted by Crippen LogP contribution is -2.45. The van der Waals surface area contributed by atoms with E-state index in [4.69, 9.17) is 11.6 Å². The van der Waals surface area contributed by atoms with Crippen LogP contribution in [0.1, 0.15) is 11.3 Å². The maximum absolute atomic E-state index is 13.0. The van der Waals surface area contributed by atoms with Gasteiger partial charge in [-0.1, -0.05) is 29.8 Å². The lowest BCUT2D eigenvalue weighted by Gasteiger charge is -2.18. The van der Waals surface area contributed by atoms with Gasteiger partial charge in [0, 0.05) is 27.5 Å². The number of rotatable bonds is 7. The van der Waals surface area contributed by atoms with Crippen molar-refractivity contribution in [2.24, 2.45) is 0 Å². The number of carbonyl (C=O) groups is 1. The van der Waals surface area contributed by atoms with E-state index in [1.807, 2.05) is 36.6 Å². The van der Waals surface area contributed by atoms with Crippen molar-refractivity contribution < 1.29 is 13.2 Å². The van der Waals surface area contributed by atoms with Gasteiger partial charge in [0.05, 0.1) is 10.6 Å². The van der Waals surface area contributed by atoms with Crippen molar-refractivity contribution in [1.29, 1.82) is 0 Å². The molecule has 0 aliphatic carbocycles. The molecule has 2 aromatic heterocycles. The molecule has 7 nitrogen and oxygen atoms in total. The number of thiazole rings is 1. The zero-order valence-electron chi connectivity index (χ0n) is 16.4. The molecule has 0 bridgehead atoms. The summed E-state index contributed by atoms with van der Waals surface area (Å²) in [7, 11) is -3.96. The second kappa shape index (κ2) is 8.80. The average Bonchev–Trinajstić information content (AvgIpc) is 3.33. The van der Waals surface area contributed by atoms with Crippen molar-refractivity contribution in [2.75, 3.05) is 5.32 Å². The number of fused-ring (bicyclic) bond motifs is 1. The van der Waals surface area contributed by atoms with Crippen LogP contribution in [0.25, 0.3) is 10.9 Å². The van der Waals surface area contributed by atoms with E-state index in [-0.39, 0.29) is 11.3 Å². The van der Waals surface area contributed by atoms with Crippen LogP contribution in [0.15, 0.2) is 65.0 Å². The highest BCUT2D eigenvalue weighted by molar-refractivity contribution is 7.89. The molecule has 0 radical (unpaired) electrons. The van der Waals surface area contributed by atoms with Crippen molar-refractivity contribution in [3.05, 3.63) is 76.4 Å². The van der Waals surface area contributed by atoms with E-state index < -0.39 is 22.0 Å². The summed E-state index contributed by atoms with van der Waals surface area (Å²) in [5.74, 6) is -0.489. The maximum Gasteiger partial charge on any atom is 0.244 e. The second-order valence-electron chi connectivity index (χ2n) is 6.97. The molecule has 10 heteroatoms. The number of hydrogen-bond donors (Lipinski definition) is 3. The largest absolute Gasteiger partial charge is 0.361 e. The normalized spacial score (nSPS) is 12.7. The first-order valence-electron chi connectivity index (χ1n) is 9.38. The topological polar surface area (TPSA) is 104 Å². The summed E-state index contributed by atoms with van der Waals surface area (Å²) in [5.41, 5.74) is 2.51. The van der Waals surface area contributed by atoms with Crippen molar-refractivity contribution in [2.45, 2.75) is 24.3 Å². The van der Waals surface area contributed by atoms with Gasteiger partial charge in [0.1, 0.15) is 6.04 Å². The third-order valence-electron chi connectivity index (χ3n) is 4.69. The van der Waals surface area contributed by atoms with Crippen LogP contribution >= 0.6 is 22.9 Å². The second-order valence-corrected chi connectivity index (χ2v) is 9.98. The summed E-state index contributed by atoms with van der Waals surface area (Å²) < 4.78 is 28.4. The molecule has 4 aromatic rings. The Morgan fingerprint density at radius 2 is 1.94 bits per heavy atom. The Morgan fingerprint density at radius 1 is 1.19 bits per heavy atom. The van der Waals surface area contributed by atoms with E-state index >= 15 is 0 Å². The molecule has 0 saturated carbocycles. The molecule has 0 aliphatic rings. The average molecular weight is 475 g/mol. The van der Waals surface area contributed by atoms with Gasteiger partial charge in [-0.05, 0) is 49.2 Å². The van der Waals surface area contributed by atoms with Crippen molar-refractivity contribution >= 4 is 54.9 Å². The van der Waals surface area contributed by atoms with Crippen LogP contribution in [-0.2, 0) is 21.2 Å². The first-order valence-corrected chi connectivity index (χ1v) is 12.1. The SMILES string of the molecule is Cc1csc(NC(=O)C(Cc2c[nH]c3ccccc23)NS(=O)(=O)c2ccc(Cl)cc2)n1. The lowest BCUT2D eigenvalue weighted by atomic mass is 10.1. The van der Waals surface area contributed by atoms with E-state index in [9.17, 15) is 13.2 Å². The number of nitrogens with zero attached hydrogens (tertiary/aromatic N) is 1. The fourth-order valence-electron chi connectivity index (χ4n) is 3.18. The fraction of sp³-hybridized carbons (Fsp3) is 0.143.